The van der Waals surface area contributed by atoms with Crippen LogP contribution in [0.3, 0.4) is 0 Å². The molecule has 0 saturated heterocycles. The molecule has 2 aromatic rings. The van der Waals surface area contributed by atoms with Gasteiger partial charge in [0.15, 0.2) is 0 Å². The Kier molecular flexibility index (Phi) is 3.96. The van der Waals surface area contributed by atoms with Crippen LogP contribution in [0.1, 0.15) is 28.1 Å². The standard InChI is InChI=1S/C17H16O5/c18-14-8-15(17(19)20)22-10-16(14)21-9-11-5-6-12-3-1-2-4-13(12)7-11/h1-4,8,10-11H,5-7,9H2,(H,19,20). The Morgan fingerprint density at radius 2 is 2.09 bits per heavy atom. The van der Waals surface area contributed by atoms with Crippen LogP contribution in [0.15, 0.2) is 45.8 Å². The third-order valence-electron chi connectivity index (χ3n) is 3.93. The maximum absolute atomic E-state index is 11.8. The van der Waals surface area contributed by atoms with Crippen molar-refractivity contribution in [2.24, 2.45) is 5.92 Å². The molecule has 3 rings (SSSR count). The molecule has 1 heterocycles. The van der Waals surface area contributed by atoms with Gasteiger partial charge in [0.1, 0.15) is 6.26 Å². The molecule has 0 bridgehead atoms. The van der Waals surface area contributed by atoms with Gasteiger partial charge in [0.25, 0.3) is 0 Å². The molecule has 0 fully saturated rings. The number of carbonyl (C=O) groups is 1. The van der Waals surface area contributed by atoms with E-state index in [-0.39, 0.29) is 11.5 Å². The highest BCUT2D eigenvalue weighted by Gasteiger charge is 2.19. The third-order valence-corrected chi connectivity index (χ3v) is 3.93. The lowest BCUT2D eigenvalue weighted by atomic mass is 9.84. The highest BCUT2D eigenvalue weighted by Crippen LogP contribution is 2.25. The van der Waals surface area contributed by atoms with Gasteiger partial charge in [-0.15, -0.1) is 0 Å². The molecule has 1 N–H and O–H groups in total. The van der Waals surface area contributed by atoms with Gasteiger partial charge in [0.05, 0.1) is 6.61 Å². The molecule has 0 amide bonds. The van der Waals surface area contributed by atoms with Gasteiger partial charge in [-0.2, -0.15) is 0 Å². The molecular weight excluding hydrogens is 284 g/mol. The van der Waals surface area contributed by atoms with E-state index < -0.39 is 11.4 Å². The summed E-state index contributed by atoms with van der Waals surface area (Å²) in [6.45, 7) is 0.422. The number of aromatic carboxylic acids is 1. The number of rotatable bonds is 4. The molecule has 1 aromatic heterocycles. The highest BCUT2D eigenvalue weighted by atomic mass is 16.5. The van der Waals surface area contributed by atoms with E-state index in [0.717, 1.165) is 31.6 Å². The van der Waals surface area contributed by atoms with Gasteiger partial charge in [-0.3, -0.25) is 4.79 Å². The fourth-order valence-electron chi connectivity index (χ4n) is 2.74. The molecule has 22 heavy (non-hydrogen) atoms. The van der Waals surface area contributed by atoms with Crippen molar-refractivity contribution in [3.63, 3.8) is 0 Å². The van der Waals surface area contributed by atoms with Gasteiger partial charge in [-0.1, -0.05) is 24.3 Å². The van der Waals surface area contributed by atoms with Crippen LogP contribution < -0.4 is 10.2 Å². The molecule has 1 aliphatic carbocycles. The van der Waals surface area contributed by atoms with E-state index in [1.54, 1.807) is 0 Å². The zero-order valence-corrected chi connectivity index (χ0v) is 12.0. The molecule has 114 valence electrons. The Morgan fingerprint density at radius 3 is 2.82 bits per heavy atom. The predicted octanol–water partition coefficient (Wildman–Crippen LogP) is 2.52. The second kappa shape index (κ2) is 6.05. The molecule has 0 spiro atoms. The van der Waals surface area contributed by atoms with E-state index in [1.807, 2.05) is 12.1 Å². The zero-order valence-electron chi connectivity index (χ0n) is 12.0. The van der Waals surface area contributed by atoms with Crippen LogP contribution in [0.4, 0.5) is 0 Å². The van der Waals surface area contributed by atoms with E-state index in [1.165, 1.54) is 11.1 Å². The molecule has 1 aliphatic rings. The van der Waals surface area contributed by atoms with Crippen molar-refractivity contribution in [3.8, 4) is 5.75 Å². The van der Waals surface area contributed by atoms with Crippen molar-refractivity contribution in [2.45, 2.75) is 19.3 Å². The summed E-state index contributed by atoms with van der Waals surface area (Å²) in [5.74, 6) is -1.26. The van der Waals surface area contributed by atoms with Crippen LogP contribution in [-0.4, -0.2) is 17.7 Å². The van der Waals surface area contributed by atoms with Gasteiger partial charge in [0, 0.05) is 6.07 Å². The lowest BCUT2D eigenvalue weighted by Crippen LogP contribution is -2.22. The van der Waals surface area contributed by atoms with Crippen LogP contribution >= 0.6 is 0 Å². The fraction of sp³-hybridized carbons (Fsp3) is 0.294. The number of aryl methyl sites for hydroxylation is 1. The van der Waals surface area contributed by atoms with E-state index in [4.69, 9.17) is 14.3 Å². The molecule has 0 saturated carbocycles. The Hall–Kier alpha value is -2.56. The maximum atomic E-state index is 11.8. The topological polar surface area (TPSA) is 76.7 Å². The van der Waals surface area contributed by atoms with Crippen LogP contribution in [0.2, 0.25) is 0 Å². The van der Waals surface area contributed by atoms with Crippen molar-refractivity contribution in [3.05, 3.63) is 63.7 Å². The molecule has 5 heteroatoms. The first-order valence-electron chi connectivity index (χ1n) is 7.19. The van der Waals surface area contributed by atoms with E-state index in [2.05, 4.69) is 12.1 Å². The average Bonchev–Trinajstić information content (AvgIpc) is 2.53. The number of carboxylic acid groups (broad SMARTS) is 1. The van der Waals surface area contributed by atoms with E-state index >= 15 is 0 Å². The molecule has 1 atom stereocenters. The number of ether oxygens (including phenoxy) is 1. The molecule has 1 aromatic carbocycles. The van der Waals surface area contributed by atoms with Crippen LogP contribution in [-0.2, 0) is 12.8 Å². The molecule has 5 nitrogen and oxygen atoms in total. The molecular formula is C17H16O5. The number of hydrogen-bond donors (Lipinski definition) is 1. The number of carboxylic acids is 1. The maximum Gasteiger partial charge on any atom is 0.371 e. The van der Waals surface area contributed by atoms with E-state index in [0.29, 0.717) is 12.5 Å². The molecule has 0 radical (unpaired) electrons. The van der Waals surface area contributed by atoms with Gasteiger partial charge in [-0.05, 0) is 36.3 Å². The number of benzene rings is 1. The minimum absolute atomic E-state index is 0.0591. The summed E-state index contributed by atoms with van der Waals surface area (Å²) in [4.78, 5) is 22.5. The summed E-state index contributed by atoms with van der Waals surface area (Å²) in [5.41, 5.74) is 2.24. The first-order valence-corrected chi connectivity index (χ1v) is 7.19. The van der Waals surface area contributed by atoms with Crippen LogP contribution in [0, 0.1) is 5.92 Å². The van der Waals surface area contributed by atoms with E-state index in [9.17, 15) is 9.59 Å². The second-order valence-corrected chi connectivity index (χ2v) is 5.47. The summed E-state index contributed by atoms with van der Waals surface area (Å²) < 4.78 is 10.4. The van der Waals surface area contributed by atoms with Gasteiger partial charge in [0.2, 0.25) is 16.9 Å². The summed E-state index contributed by atoms with van der Waals surface area (Å²) in [7, 11) is 0. The van der Waals surface area contributed by atoms with Crippen molar-refractivity contribution >= 4 is 5.97 Å². The summed E-state index contributed by atoms with van der Waals surface area (Å²) in [6, 6.07) is 9.28. The summed E-state index contributed by atoms with van der Waals surface area (Å²) >= 11 is 0. The lowest BCUT2D eigenvalue weighted by Gasteiger charge is -2.24. The molecule has 1 unspecified atom stereocenters. The highest BCUT2D eigenvalue weighted by molar-refractivity contribution is 5.84. The predicted molar refractivity (Wildman–Crippen MR) is 79.4 cm³/mol. The van der Waals surface area contributed by atoms with Crippen molar-refractivity contribution < 1.29 is 19.1 Å². The second-order valence-electron chi connectivity index (χ2n) is 5.47. The Bertz CT molecular complexity index is 747. The van der Waals surface area contributed by atoms with Crippen LogP contribution in [0.5, 0.6) is 5.75 Å². The summed E-state index contributed by atoms with van der Waals surface area (Å²) in [6.07, 6.45) is 4.02. The van der Waals surface area contributed by atoms with Gasteiger partial charge < -0.3 is 14.3 Å². The minimum atomic E-state index is -1.27. The number of fused-ring (bicyclic) bond motifs is 1. The first-order chi connectivity index (χ1) is 10.6. The monoisotopic (exact) mass is 300 g/mol. The Labute approximate surface area is 127 Å². The normalized spacial score (nSPS) is 16.8. The molecule has 0 aliphatic heterocycles. The quantitative estimate of drug-likeness (QED) is 0.939. The zero-order chi connectivity index (χ0) is 15.5. The van der Waals surface area contributed by atoms with Gasteiger partial charge >= 0.3 is 5.97 Å². The van der Waals surface area contributed by atoms with Crippen LogP contribution in [0.25, 0.3) is 0 Å². The van der Waals surface area contributed by atoms with Crippen molar-refractivity contribution in [2.75, 3.05) is 6.61 Å². The first kappa shape index (κ1) is 14.4. The minimum Gasteiger partial charge on any atom is -0.486 e. The third kappa shape index (κ3) is 3.03. The number of hydrogen-bond acceptors (Lipinski definition) is 4. The average molecular weight is 300 g/mol. The van der Waals surface area contributed by atoms with Gasteiger partial charge in [-0.25, -0.2) is 4.79 Å². The lowest BCUT2D eigenvalue weighted by molar-refractivity contribution is 0.0658. The smallest absolute Gasteiger partial charge is 0.371 e. The van der Waals surface area contributed by atoms with Crippen molar-refractivity contribution in [1.82, 2.24) is 0 Å². The Balaban J connectivity index is 1.64. The SMILES string of the molecule is O=C(O)c1cc(=O)c(OCC2CCc3ccccc3C2)co1. The summed E-state index contributed by atoms with van der Waals surface area (Å²) in [5, 5.41) is 8.75. The fourth-order valence-corrected chi connectivity index (χ4v) is 2.74. The van der Waals surface area contributed by atoms with Crippen molar-refractivity contribution in [1.29, 1.82) is 0 Å². The largest absolute Gasteiger partial charge is 0.486 e. The Morgan fingerprint density at radius 1 is 1.32 bits per heavy atom.